The SMILES string of the molecule is CCCN(CCC)/N=C/c1cc2c3c4c(C)c(O)c2c(O)c1NC(=O)/C(C)=C\C=C\C(C)C(O)C(C)C(O)C(C)C(OC(C)=O)C(C)C(OC)/C=C/OC(C)(O4)C3=O. The van der Waals surface area contributed by atoms with E-state index in [1.807, 2.05) is 18.9 Å². The summed E-state index contributed by atoms with van der Waals surface area (Å²) in [5.41, 5.74) is 0.698. The molecule has 58 heavy (non-hydrogen) atoms. The highest BCUT2D eigenvalue weighted by atomic mass is 16.7. The lowest BCUT2D eigenvalue weighted by molar-refractivity contribution is -0.160. The van der Waals surface area contributed by atoms with E-state index in [1.165, 1.54) is 33.4 Å². The number of hydrogen-bond acceptors (Lipinski definition) is 13. The summed E-state index contributed by atoms with van der Waals surface area (Å²) in [4.78, 5) is 40.4. The second-order valence-corrected chi connectivity index (χ2v) is 15.7. The van der Waals surface area contributed by atoms with Crippen molar-refractivity contribution in [3.05, 3.63) is 58.9 Å². The third kappa shape index (κ3) is 9.51. The number of esters is 1. The Labute approximate surface area is 341 Å². The lowest BCUT2D eigenvalue weighted by atomic mass is 9.78. The normalized spacial score (nSPS) is 30.4. The Morgan fingerprint density at radius 1 is 1.00 bits per heavy atom. The van der Waals surface area contributed by atoms with E-state index in [9.17, 15) is 34.8 Å². The van der Waals surface area contributed by atoms with Gasteiger partial charge >= 0.3 is 11.8 Å². The number of phenolic OH excluding ortho intramolecular Hbond substituents is 2. The maximum atomic E-state index is 14.4. The van der Waals surface area contributed by atoms with E-state index in [0.29, 0.717) is 13.1 Å². The Hall–Kier alpha value is -4.92. The molecule has 5 bridgehead atoms. The molecule has 2 aromatic rings. The first-order chi connectivity index (χ1) is 27.3. The molecule has 5 N–H and O–H groups in total. The zero-order chi connectivity index (χ0) is 43.2. The van der Waals surface area contributed by atoms with Gasteiger partial charge in [-0.3, -0.25) is 19.4 Å². The summed E-state index contributed by atoms with van der Waals surface area (Å²) in [7, 11) is 1.46. The fourth-order valence-electron chi connectivity index (χ4n) is 7.67. The topological polar surface area (TPSA) is 197 Å². The lowest BCUT2D eigenvalue weighted by Gasteiger charge is -2.38. The van der Waals surface area contributed by atoms with E-state index in [1.54, 1.807) is 71.9 Å². The first-order valence-corrected chi connectivity index (χ1v) is 20.0. The number of amides is 1. The highest BCUT2D eigenvalue weighted by Gasteiger charge is 2.49. The van der Waals surface area contributed by atoms with Crippen LogP contribution in [0.1, 0.15) is 96.6 Å². The number of allylic oxidation sites excluding steroid dienone is 2. The number of carbonyl (C=O) groups excluding carboxylic acids is 3. The Kier molecular flexibility index (Phi) is 15.2. The number of benzene rings is 2. The molecule has 0 saturated carbocycles. The van der Waals surface area contributed by atoms with Crippen LogP contribution in [-0.4, -0.2) is 99.7 Å². The number of methoxy groups -OCH3 is 1. The molecule has 2 aromatic carbocycles. The number of Topliss-reactive ketones (excluding diaryl/α,β-unsaturated/α-hetero) is 1. The summed E-state index contributed by atoms with van der Waals surface area (Å²) in [5.74, 6) is -6.80. The number of aromatic hydroxyl groups is 2. The lowest BCUT2D eigenvalue weighted by Crippen LogP contribution is -2.46. The number of aliphatic hydroxyl groups is 2. The van der Waals surface area contributed by atoms with Crippen LogP contribution >= 0.6 is 0 Å². The van der Waals surface area contributed by atoms with Gasteiger partial charge in [0.2, 0.25) is 0 Å². The van der Waals surface area contributed by atoms with Crippen LogP contribution in [0.4, 0.5) is 5.69 Å². The van der Waals surface area contributed by atoms with Crippen molar-refractivity contribution >= 4 is 40.3 Å². The fraction of sp³-hybridized carbons (Fsp3) is 0.545. The second kappa shape index (κ2) is 19.2. The predicted octanol–water partition coefficient (Wildman–Crippen LogP) is 6.50. The minimum Gasteiger partial charge on any atom is -0.507 e. The summed E-state index contributed by atoms with van der Waals surface area (Å²) < 4.78 is 23.7. The molecule has 3 heterocycles. The number of nitrogens with one attached hydrogen (secondary N) is 1. The molecule has 0 spiro atoms. The number of aliphatic hydroxyl groups excluding tert-OH is 2. The van der Waals surface area contributed by atoms with Gasteiger partial charge in [0.15, 0.2) is 5.75 Å². The van der Waals surface area contributed by atoms with Crippen molar-refractivity contribution in [3.8, 4) is 17.2 Å². The Balaban J connectivity index is 1.96. The van der Waals surface area contributed by atoms with Gasteiger partial charge in [-0.1, -0.05) is 59.8 Å². The van der Waals surface area contributed by atoms with Crippen LogP contribution in [0, 0.1) is 30.6 Å². The number of anilines is 1. The van der Waals surface area contributed by atoms with Crippen LogP contribution in [0.15, 0.2) is 47.3 Å². The van der Waals surface area contributed by atoms with Crippen LogP contribution in [0.25, 0.3) is 10.8 Å². The minimum absolute atomic E-state index is 0.0316. The molecule has 3 aliphatic rings. The van der Waals surface area contributed by atoms with Crippen molar-refractivity contribution in [1.82, 2.24) is 5.01 Å². The van der Waals surface area contributed by atoms with E-state index < -0.39 is 77.3 Å². The summed E-state index contributed by atoms with van der Waals surface area (Å²) in [6, 6.07) is 1.57. The first-order valence-electron chi connectivity index (χ1n) is 20.0. The number of nitrogens with zero attached hydrogens (tertiary/aromatic N) is 2. The molecular formula is C44H61N3O11. The molecule has 9 unspecified atom stereocenters. The van der Waals surface area contributed by atoms with E-state index in [4.69, 9.17) is 18.9 Å². The highest BCUT2D eigenvalue weighted by Crippen LogP contribution is 2.51. The number of rotatable bonds is 8. The number of carbonyl (C=O) groups is 3. The molecule has 0 aliphatic carbocycles. The van der Waals surface area contributed by atoms with Crippen LogP contribution in [0.2, 0.25) is 0 Å². The molecule has 0 fully saturated rings. The maximum absolute atomic E-state index is 14.4. The van der Waals surface area contributed by atoms with Crippen molar-refractivity contribution in [1.29, 1.82) is 0 Å². The van der Waals surface area contributed by atoms with Gasteiger partial charge in [-0.2, -0.15) is 5.10 Å². The van der Waals surface area contributed by atoms with Gasteiger partial charge in [-0.05, 0) is 38.8 Å². The largest absolute Gasteiger partial charge is 0.507 e. The third-order valence-electron chi connectivity index (χ3n) is 11.2. The Morgan fingerprint density at radius 2 is 1.66 bits per heavy atom. The Morgan fingerprint density at radius 3 is 2.26 bits per heavy atom. The van der Waals surface area contributed by atoms with Gasteiger partial charge in [-0.15, -0.1) is 0 Å². The smallest absolute Gasteiger partial charge is 0.312 e. The van der Waals surface area contributed by atoms with Crippen LogP contribution in [-0.2, 0) is 23.8 Å². The standard InChI is InChI=1S/C44H61N3O11/c1-12-18-47(19-13-2)45-22-30-21-31-33-38(51)28(8)41-34(31)42(53)44(10,58-41)56-20-17-32(55-11)25(5)40(57-29(9)48)27(7)37(50)26(6)36(49)23(3)15-14-16-24(4)43(54)46-35(30)39(33)52/h14-17,20-23,25-27,32,36-37,40,49-52H,12-13,18-19H2,1-11H3,(H,46,54)/b15-14+,20-17+,24-16-,45-22+. The molecule has 0 saturated heterocycles. The molecule has 5 rings (SSSR count). The Bertz CT molecular complexity index is 1970. The quantitative estimate of drug-likeness (QED) is 0.0842. The molecule has 0 radical (unpaired) electrons. The molecule has 3 aliphatic heterocycles. The number of hydrazone groups is 1. The summed E-state index contributed by atoms with van der Waals surface area (Å²) in [6.45, 7) is 18.2. The van der Waals surface area contributed by atoms with E-state index in [2.05, 4.69) is 10.4 Å². The monoisotopic (exact) mass is 807 g/mol. The van der Waals surface area contributed by atoms with Gasteiger partial charge < -0.3 is 44.7 Å². The molecule has 318 valence electrons. The van der Waals surface area contributed by atoms with Crippen LogP contribution in [0.5, 0.6) is 17.2 Å². The first kappa shape index (κ1) is 45.8. The number of phenols is 2. The summed E-state index contributed by atoms with van der Waals surface area (Å²) >= 11 is 0. The third-order valence-corrected chi connectivity index (χ3v) is 11.2. The number of ether oxygens (including phenoxy) is 4. The number of fused-ring (bicyclic) bond motifs is 14. The number of ketones is 1. The average molecular weight is 808 g/mol. The number of hydrogen-bond donors (Lipinski definition) is 5. The molecule has 0 aromatic heterocycles. The van der Waals surface area contributed by atoms with E-state index >= 15 is 0 Å². The second-order valence-electron chi connectivity index (χ2n) is 15.7. The van der Waals surface area contributed by atoms with Gasteiger partial charge in [-0.25, -0.2) is 0 Å². The van der Waals surface area contributed by atoms with Crippen molar-refractivity contribution < 1.29 is 53.8 Å². The van der Waals surface area contributed by atoms with Crippen LogP contribution in [0.3, 0.4) is 0 Å². The summed E-state index contributed by atoms with van der Waals surface area (Å²) in [6.07, 6.45) is 7.08. The van der Waals surface area contributed by atoms with Crippen molar-refractivity contribution in [2.24, 2.45) is 28.8 Å². The molecule has 14 heteroatoms. The van der Waals surface area contributed by atoms with Gasteiger partial charge in [0, 0.05) is 79.8 Å². The van der Waals surface area contributed by atoms with Gasteiger partial charge in [0.05, 0.1) is 47.4 Å². The predicted molar refractivity (Wildman–Crippen MR) is 222 cm³/mol. The van der Waals surface area contributed by atoms with E-state index in [-0.39, 0.29) is 50.2 Å². The van der Waals surface area contributed by atoms with Crippen LogP contribution < -0.4 is 10.1 Å². The molecular weight excluding hydrogens is 746 g/mol. The fourth-order valence-corrected chi connectivity index (χ4v) is 7.67. The molecule has 14 nitrogen and oxygen atoms in total. The summed E-state index contributed by atoms with van der Waals surface area (Å²) in [5, 5.41) is 55.7. The zero-order valence-electron chi connectivity index (χ0n) is 35.5. The zero-order valence-corrected chi connectivity index (χ0v) is 35.5. The van der Waals surface area contributed by atoms with Crippen molar-refractivity contribution in [3.63, 3.8) is 0 Å². The van der Waals surface area contributed by atoms with Gasteiger partial charge in [0.25, 0.3) is 11.7 Å². The molecule has 9 atom stereocenters. The average Bonchev–Trinajstić information content (AvgIpc) is 3.45. The van der Waals surface area contributed by atoms with Crippen molar-refractivity contribution in [2.75, 3.05) is 25.5 Å². The highest BCUT2D eigenvalue weighted by molar-refractivity contribution is 6.21. The van der Waals surface area contributed by atoms with Crippen molar-refractivity contribution in [2.45, 2.75) is 112 Å². The molecule has 1 amide bonds. The minimum atomic E-state index is -1.92. The van der Waals surface area contributed by atoms with E-state index in [0.717, 1.165) is 12.8 Å². The maximum Gasteiger partial charge on any atom is 0.312 e. The van der Waals surface area contributed by atoms with Gasteiger partial charge in [0.1, 0.15) is 17.6 Å².